The van der Waals surface area contributed by atoms with Gasteiger partial charge in [-0.25, -0.2) is 27.5 Å². The van der Waals surface area contributed by atoms with E-state index in [-0.39, 0.29) is 6.54 Å². The Morgan fingerprint density at radius 3 is 2.68 bits per heavy atom. The van der Waals surface area contributed by atoms with Gasteiger partial charge in [0.25, 0.3) is 0 Å². The zero-order valence-corrected chi connectivity index (χ0v) is 23.2. The van der Waals surface area contributed by atoms with Gasteiger partial charge >= 0.3 is 0 Å². The maximum atomic E-state index is 14.6. The van der Waals surface area contributed by atoms with Crippen LogP contribution in [0, 0.1) is 5.82 Å². The predicted molar refractivity (Wildman–Crippen MR) is 158 cm³/mol. The fourth-order valence-electron chi connectivity index (χ4n) is 4.71. The van der Waals surface area contributed by atoms with Crippen LogP contribution >= 0.6 is 0 Å². The van der Waals surface area contributed by atoms with E-state index in [2.05, 4.69) is 42.1 Å². The number of nitrogens with zero attached hydrogens (tertiary/aromatic N) is 4. The highest BCUT2D eigenvalue weighted by atomic mass is 32.2. The Bertz CT molecular complexity index is 2000. The number of H-pyrrole nitrogens is 2. The van der Waals surface area contributed by atoms with Crippen molar-refractivity contribution in [1.29, 1.82) is 0 Å². The van der Waals surface area contributed by atoms with Gasteiger partial charge in [-0.1, -0.05) is 19.1 Å². The number of para-hydroxylation sites is 1. The SMILES string of the molecule is CCCNc1cncc(-c2cnc3n[nH]c(-c4nc5c(-c6cc(F)cc(CNS(C)(=O)=O)c6)cccc5[nH]4)c3c2)c1. The molecule has 0 atom stereocenters. The van der Waals surface area contributed by atoms with Gasteiger partial charge in [0.05, 0.1) is 28.4 Å². The van der Waals surface area contributed by atoms with Crippen LogP contribution in [0.3, 0.4) is 0 Å². The molecule has 0 saturated carbocycles. The van der Waals surface area contributed by atoms with E-state index in [4.69, 9.17) is 4.98 Å². The van der Waals surface area contributed by atoms with Gasteiger partial charge in [0.15, 0.2) is 11.5 Å². The first-order valence-electron chi connectivity index (χ1n) is 13.0. The Morgan fingerprint density at radius 1 is 1.00 bits per heavy atom. The predicted octanol–water partition coefficient (Wildman–Crippen LogP) is 5.24. The lowest BCUT2D eigenvalue weighted by Gasteiger charge is -2.08. The van der Waals surface area contributed by atoms with Crippen molar-refractivity contribution < 1.29 is 12.8 Å². The van der Waals surface area contributed by atoms with E-state index in [1.165, 1.54) is 12.1 Å². The van der Waals surface area contributed by atoms with Crippen molar-refractivity contribution in [2.75, 3.05) is 18.1 Å². The quantitative estimate of drug-likeness (QED) is 0.186. The molecule has 2 aromatic carbocycles. The molecule has 0 bridgehead atoms. The van der Waals surface area contributed by atoms with E-state index in [0.717, 1.165) is 46.9 Å². The van der Waals surface area contributed by atoms with Crippen molar-refractivity contribution in [3.63, 3.8) is 0 Å². The molecule has 12 heteroatoms. The average molecular weight is 571 g/mol. The lowest BCUT2D eigenvalue weighted by atomic mass is 10.0. The van der Waals surface area contributed by atoms with Crippen molar-refractivity contribution in [3.05, 3.63) is 78.5 Å². The third-order valence-electron chi connectivity index (χ3n) is 6.62. The second-order valence-corrected chi connectivity index (χ2v) is 11.6. The number of halogens is 1. The second-order valence-electron chi connectivity index (χ2n) is 9.81. The minimum Gasteiger partial charge on any atom is -0.384 e. The van der Waals surface area contributed by atoms with Gasteiger partial charge in [-0.15, -0.1) is 0 Å². The molecule has 10 nitrogen and oxygen atoms in total. The Labute approximate surface area is 235 Å². The average Bonchev–Trinajstić information content (AvgIpc) is 3.58. The number of nitrogens with one attached hydrogen (secondary N) is 4. The second kappa shape index (κ2) is 10.7. The molecule has 6 aromatic rings. The van der Waals surface area contributed by atoms with Crippen LogP contribution in [-0.4, -0.2) is 51.4 Å². The minimum atomic E-state index is -3.43. The number of rotatable bonds is 9. The topological polar surface area (TPSA) is 141 Å². The fraction of sp³-hybridized carbons (Fsp3) is 0.172. The summed E-state index contributed by atoms with van der Waals surface area (Å²) in [6.45, 7) is 2.95. The summed E-state index contributed by atoms with van der Waals surface area (Å²) >= 11 is 0. The summed E-state index contributed by atoms with van der Waals surface area (Å²) in [4.78, 5) is 17.1. The Hall–Kier alpha value is -4.68. The van der Waals surface area contributed by atoms with Gasteiger partial charge in [-0.2, -0.15) is 5.10 Å². The molecular formula is C29H27FN8O2S. The molecule has 6 rings (SSSR count). The van der Waals surface area contributed by atoms with Crippen LogP contribution in [0.25, 0.3) is 55.8 Å². The zero-order valence-electron chi connectivity index (χ0n) is 22.4. The molecule has 0 unspecified atom stereocenters. The third kappa shape index (κ3) is 5.65. The lowest BCUT2D eigenvalue weighted by molar-refractivity contribution is 0.586. The number of anilines is 1. The highest BCUT2D eigenvalue weighted by Crippen LogP contribution is 2.33. The molecule has 0 radical (unpaired) electrons. The highest BCUT2D eigenvalue weighted by Gasteiger charge is 2.17. The lowest BCUT2D eigenvalue weighted by Crippen LogP contribution is -2.21. The van der Waals surface area contributed by atoms with Gasteiger partial charge in [0.2, 0.25) is 10.0 Å². The van der Waals surface area contributed by atoms with E-state index in [1.54, 1.807) is 24.7 Å². The number of sulfonamides is 1. The monoisotopic (exact) mass is 570 g/mol. The number of fused-ring (bicyclic) bond motifs is 2. The van der Waals surface area contributed by atoms with Crippen molar-refractivity contribution in [3.8, 4) is 33.8 Å². The standard InChI is InChI=1S/C29H27FN8O2S/c1-3-7-32-22-11-19(14-31-16-22)20-12-24-27(37-38-28(24)33-15-20)29-35-25-6-4-5-23(26(25)36-29)18-8-17(9-21(30)10-18)13-34-41(2,39)40/h4-6,8-12,14-16,32,34H,3,7,13H2,1-2H3,(H,35,36)(H,33,37,38). The van der Waals surface area contributed by atoms with Crippen LogP contribution < -0.4 is 10.0 Å². The molecule has 208 valence electrons. The van der Waals surface area contributed by atoms with Gasteiger partial charge < -0.3 is 10.3 Å². The zero-order chi connectivity index (χ0) is 28.6. The number of aromatic nitrogens is 6. The molecule has 0 aliphatic rings. The molecule has 0 fully saturated rings. The van der Waals surface area contributed by atoms with Crippen LogP contribution in [0.5, 0.6) is 0 Å². The van der Waals surface area contributed by atoms with Crippen LogP contribution in [0.15, 0.2) is 67.1 Å². The molecule has 0 aliphatic carbocycles. The number of pyridine rings is 2. The number of hydrogen-bond donors (Lipinski definition) is 4. The molecule has 0 amide bonds. The minimum absolute atomic E-state index is 0.0199. The van der Waals surface area contributed by atoms with Crippen LogP contribution in [0.4, 0.5) is 10.1 Å². The van der Waals surface area contributed by atoms with E-state index in [1.807, 2.05) is 30.3 Å². The van der Waals surface area contributed by atoms with Gasteiger partial charge in [0.1, 0.15) is 11.5 Å². The summed E-state index contributed by atoms with van der Waals surface area (Å²) in [6, 6.07) is 14.1. The maximum absolute atomic E-state index is 14.6. The van der Waals surface area contributed by atoms with Crippen LogP contribution in [-0.2, 0) is 16.6 Å². The third-order valence-corrected chi connectivity index (χ3v) is 7.29. The van der Waals surface area contributed by atoms with Gasteiger partial charge in [-0.3, -0.25) is 10.1 Å². The largest absolute Gasteiger partial charge is 0.384 e. The highest BCUT2D eigenvalue weighted by molar-refractivity contribution is 7.88. The number of imidazole rings is 1. The molecule has 4 heterocycles. The number of aromatic amines is 2. The molecule has 0 saturated heterocycles. The van der Waals surface area contributed by atoms with Crippen LogP contribution in [0.1, 0.15) is 18.9 Å². The number of benzene rings is 2. The van der Waals surface area contributed by atoms with E-state index < -0.39 is 15.8 Å². The summed E-state index contributed by atoms with van der Waals surface area (Å²) in [6.07, 6.45) is 7.44. The van der Waals surface area contributed by atoms with E-state index >= 15 is 0 Å². The molecule has 41 heavy (non-hydrogen) atoms. The first kappa shape index (κ1) is 26.5. The Morgan fingerprint density at radius 2 is 1.85 bits per heavy atom. The smallest absolute Gasteiger partial charge is 0.209 e. The Balaban J connectivity index is 1.39. The van der Waals surface area contributed by atoms with Gasteiger partial charge in [0, 0.05) is 48.4 Å². The first-order valence-corrected chi connectivity index (χ1v) is 14.9. The summed E-state index contributed by atoms with van der Waals surface area (Å²) < 4.78 is 40.1. The molecular weight excluding hydrogens is 543 g/mol. The van der Waals surface area contributed by atoms with Crippen molar-refractivity contribution in [2.24, 2.45) is 0 Å². The van der Waals surface area contributed by atoms with Crippen LogP contribution in [0.2, 0.25) is 0 Å². The Kier molecular flexibility index (Phi) is 6.93. The fourth-order valence-corrected chi connectivity index (χ4v) is 5.14. The molecule has 4 aromatic heterocycles. The van der Waals surface area contributed by atoms with Crippen molar-refractivity contribution in [2.45, 2.75) is 19.9 Å². The van der Waals surface area contributed by atoms with E-state index in [0.29, 0.717) is 39.4 Å². The number of hydrogen-bond acceptors (Lipinski definition) is 7. The van der Waals surface area contributed by atoms with E-state index in [9.17, 15) is 12.8 Å². The normalized spacial score (nSPS) is 11.9. The molecule has 0 aliphatic heterocycles. The summed E-state index contributed by atoms with van der Waals surface area (Å²) in [5, 5.41) is 11.6. The summed E-state index contributed by atoms with van der Waals surface area (Å²) in [5.41, 5.74) is 7.15. The summed E-state index contributed by atoms with van der Waals surface area (Å²) in [7, 11) is -3.43. The first-order chi connectivity index (χ1) is 19.8. The van der Waals surface area contributed by atoms with Crippen molar-refractivity contribution >= 4 is 37.8 Å². The maximum Gasteiger partial charge on any atom is 0.209 e. The summed E-state index contributed by atoms with van der Waals surface area (Å²) in [5.74, 6) is 0.0861. The molecule has 0 spiro atoms. The van der Waals surface area contributed by atoms with Crippen molar-refractivity contribution in [1.82, 2.24) is 34.9 Å². The van der Waals surface area contributed by atoms with Gasteiger partial charge in [-0.05, 0) is 53.9 Å². The molecule has 4 N–H and O–H groups in total.